The molecule has 12 atom stereocenters. The Morgan fingerprint density at radius 1 is 0.405 bits per heavy atom. The Morgan fingerprint density at radius 3 is 1.17 bits per heavy atom. The summed E-state index contributed by atoms with van der Waals surface area (Å²) in [5.74, 6) is -16.1. The molecular formula is C76H119N21O19. The van der Waals surface area contributed by atoms with Gasteiger partial charge in [-0.05, 0) is 124 Å². The average Bonchev–Trinajstić information content (AvgIpc) is 0.844. The van der Waals surface area contributed by atoms with Crippen LogP contribution in [0.25, 0.3) is 0 Å². The highest BCUT2D eigenvalue weighted by Crippen LogP contribution is 2.16. The van der Waals surface area contributed by atoms with Crippen LogP contribution in [0.1, 0.15) is 136 Å². The summed E-state index contributed by atoms with van der Waals surface area (Å²) in [6, 6.07) is 6.77. The Bertz CT molecular complexity index is 3770. The number of nitrogens with zero attached hydrogens (tertiary/aromatic N) is 2. The number of phenolic OH excluding ortho intramolecular Hbond substituents is 1. The largest absolute Gasteiger partial charge is 0.508 e. The molecule has 0 unspecified atom stereocenters. The molecule has 3 aromatic carbocycles. The Hall–Kier alpha value is -12.1. The van der Waals surface area contributed by atoms with Gasteiger partial charge in [0.15, 0.2) is 18.0 Å². The minimum atomic E-state index is -1.72. The normalized spacial score (nSPS) is 14.0. The van der Waals surface area contributed by atoms with Crippen molar-refractivity contribution >= 4 is 101 Å². The molecule has 642 valence electrons. The summed E-state index contributed by atoms with van der Waals surface area (Å²) < 4.78 is 0. The van der Waals surface area contributed by atoms with Gasteiger partial charge >= 0.3 is 5.97 Å². The number of primary amides is 1. The zero-order valence-corrected chi connectivity index (χ0v) is 66.8. The molecular weight excluding hydrogens is 1510 g/mol. The Morgan fingerprint density at radius 2 is 0.767 bits per heavy atom. The summed E-state index contributed by atoms with van der Waals surface area (Å²) in [5, 5.41) is 67.5. The van der Waals surface area contributed by atoms with Crippen LogP contribution in [0.15, 0.2) is 94.9 Å². The third-order valence-corrected chi connectivity index (χ3v) is 17.4. The van der Waals surface area contributed by atoms with E-state index in [4.69, 9.17) is 50.0 Å². The third-order valence-electron chi connectivity index (χ3n) is 17.4. The van der Waals surface area contributed by atoms with Crippen LogP contribution in [0.5, 0.6) is 5.75 Å². The van der Waals surface area contributed by atoms with E-state index < -0.39 is 199 Å². The van der Waals surface area contributed by atoms with Crippen LogP contribution in [0.3, 0.4) is 0 Å². The molecule has 0 aliphatic heterocycles. The summed E-state index contributed by atoms with van der Waals surface area (Å²) in [6.45, 7) is 10.9. The smallest absolute Gasteiger partial charge is 0.328 e. The van der Waals surface area contributed by atoms with Crippen LogP contribution in [-0.4, -0.2) is 226 Å². The molecule has 0 aliphatic rings. The minimum absolute atomic E-state index is 0.0000726. The van der Waals surface area contributed by atoms with E-state index in [0.29, 0.717) is 23.1 Å². The fraction of sp³-hybridized carbons (Fsp3) is 0.539. The van der Waals surface area contributed by atoms with Crippen LogP contribution in [0, 0.1) is 17.8 Å². The van der Waals surface area contributed by atoms with Crippen molar-refractivity contribution in [2.75, 3.05) is 32.7 Å². The summed E-state index contributed by atoms with van der Waals surface area (Å²) in [4.78, 5) is 211. The molecule has 0 aliphatic carbocycles. The number of rotatable bonds is 51. The van der Waals surface area contributed by atoms with Gasteiger partial charge in [-0.15, -0.1) is 0 Å². The highest BCUT2D eigenvalue weighted by atomic mass is 16.4. The number of carboxylic acids is 2. The molecule has 40 heteroatoms. The summed E-state index contributed by atoms with van der Waals surface area (Å²) in [6.07, 6.45) is -2.63. The molecule has 0 aromatic heterocycles. The van der Waals surface area contributed by atoms with Crippen molar-refractivity contribution in [1.29, 1.82) is 0 Å². The highest BCUT2D eigenvalue weighted by Gasteiger charge is 2.38. The minimum Gasteiger partial charge on any atom is -0.508 e. The van der Waals surface area contributed by atoms with Crippen LogP contribution >= 0.6 is 0 Å². The standard InChI is InChI=1S/C74H115N21O17.C2H4O2/c1-40(2)34-53(91-68(107)54(36-44-18-10-8-11-19-44)86-58(100)39-84-57(99)38-85-62(101)48(76)35-46-25-27-47(97)28-26-46)67(106)89-51(24-17-33-83-74(80)81)63(102)87-50(23-16-32-82-73(78)79)64(103)90-52(29-30-56(77)98)65(104)92-55(37-45-20-12-9-13-21-45)69(108)88-49(22-14-15-31-75)66(105)93-59(41(3)4)70(109)94-60(42(5)6)71(110)95-61(43(7)96)72(111)112;1-2(3)4/h8-13,18-21,25-28,40-43,48-55,59-61,96-97H,14-17,22-24,29-39,75-76H2,1-7H3,(H2,77,98)(H,84,99)(H,85,101)(H,86,100)(H,87,102)(H,88,108)(H,89,106)(H,90,103)(H,91,107)(H,92,104)(H,93,105)(H,94,109)(H,95,110)(H,111,112)(H4,78,79,82)(H4,80,81,83);1H3,(H,3,4)/t43-,48+,49+,50+,51+,52+,53+,54+,55+,59+,60+,61+;/m1./s1. The van der Waals surface area contributed by atoms with Gasteiger partial charge < -0.3 is 124 Å². The van der Waals surface area contributed by atoms with Gasteiger partial charge in [0, 0.05) is 39.3 Å². The first-order valence-electron chi connectivity index (χ1n) is 38.0. The van der Waals surface area contributed by atoms with E-state index in [1.54, 1.807) is 114 Å². The number of aliphatic carboxylic acids is 2. The maximum atomic E-state index is 14.9. The van der Waals surface area contributed by atoms with Crippen molar-refractivity contribution in [3.05, 3.63) is 102 Å². The lowest BCUT2D eigenvalue weighted by Gasteiger charge is -2.30. The van der Waals surface area contributed by atoms with Gasteiger partial charge in [-0.2, -0.15) is 0 Å². The Labute approximate surface area is 673 Å². The van der Waals surface area contributed by atoms with Gasteiger partial charge in [-0.1, -0.05) is 114 Å². The van der Waals surface area contributed by atoms with E-state index in [2.05, 4.69) is 73.8 Å². The van der Waals surface area contributed by atoms with Gasteiger partial charge in [0.2, 0.25) is 76.8 Å². The number of hydrogen-bond donors (Lipinski definition) is 23. The van der Waals surface area contributed by atoms with Gasteiger partial charge in [0.1, 0.15) is 60.1 Å². The van der Waals surface area contributed by atoms with E-state index in [9.17, 15) is 82.4 Å². The second kappa shape index (κ2) is 53.1. The fourth-order valence-electron chi connectivity index (χ4n) is 11.3. The number of carbonyl (C=O) groups excluding carboxylic acids is 13. The second-order valence-corrected chi connectivity index (χ2v) is 28.7. The number of carbonyl (C=O) groups is 15. The molecule has 3 rings (SSSR count). The van der Waals surface area contributed by atoms with Crippen LogP contribution < -0.4 is 104 Å². The van der Waals surface area contributed by atoms with E-state index in [0.717, 1.165) is 13.8 Å². The monoisotopic (exact) mass is 1630 g/mol. The first-order valence-corrected chi connectivity index (χ1v) is 38.0. The SMILES string of the molecule is CC(=O)O.CC(C)C[C@H](NC(=O)[C@H](Cc1ccccc1)NC(=O)CNC(=O)CNC(=O)[C@@H](N)Cc1ccc(O)cc1)C(=O)N[C@@H](CCCN=C(N)N)C(=O)N[C@@H](CCCN=C(N)N)C(=O)N[C@@H](CCC(N)=O)C(=O)N[C@@H](Cc1ccccc1)C(=O)N[C@@H](CCCCN)C(=O)N[C@H](C(=O)N[C@H](C(=O)N[C@H](C(=O)O)[C@@H](C)O)C(C)C)C(C)C. The molecule has 0 spiro atoms. The second-order valence-electron chi connectivity index (χ2n) is 28.7. The van der Waals surface area contributed by atoms with E-state index in [1.807, 2.05) is 0 Å². The number of nitrogens with one attached hydrogen (secondary N) is 12. The van der Waals surface area contributed by atoms with Crippen molar-refractivity contribution in [2.24, 2.45) is 67.9 Å². The number of aromatic hydroxyl groups is 1. The van der Waals surface area contributed by atoms with Crippen molar-refractivity contribution in [2.45, 2.75) is 211 Å². The van der Waals surface area contributed by atoms with E-state index in [-0.39, 0.29) is 107 Å². The molecule has 40 nitrogen and oxygen atoms in total. The summed E-state index contributed by atoms with van der Waals surface area (Å²) in [7, 11) is 0. The number of hydrogen-bond acceptors (Lipinski definition) is 21. The number of benzene rings is 3. The number of amides is 13. The predicted octanol–water partition coefficient (Wildman–Crippen LogP) is -4.76. The molecule has 116 heavy (non-hydrogen) atoms. The van der Waals surface area contributed by atoms with Crippen LogP contribution in [0.2, 0.25) is 0 Å². The quantitative estimate of drug-likeness (QED) is 0.0143. The number of guanidine groups is 2. The van der Waals surface area contributed by atoms with Crippen molar-refractivity contribution < 1.29 is 92.3 Å². The topological polar surface area (TPSA) is 688 Å². The molecule has 0 fully saturated rings. The molecule has 0 saturated heterocycles. The molecule has 30 N–H and O–H groups in total. The molecule has 13 amide bonds. The zero-order chi connectivity index (χ0) is 87.3. The van der Waals surface area contributed by atoms with Crippen LogP contribution in [0.4, 0.5) is 0 Å². The number of phenols is 1. The molecule has 0 heterocycles. The Balaban J connectivity index is 0.0000111. The average molecular weight is 1630 g/mol. The lowest BCUT2D eigenvalue weighted by Crippen LogP contribution is -2.62. The van der Waals surface area contributed by atoms with Gasteiger partial charge in [0.05, 0.1) is 25.2 Å². The summed E-state index contributed by atoms with van der Waals surface area (Å²) in [5.41, 5.74) is 41.7. The number of aliphatic imine (C=N–C) groups is 2. The fourth-order valence-corrected chi connectivity index (χ4v) is 11.3. The van der Waals surface area contributed by atoms with Crippen molar-refractivity contribution in [3.63, 3.8) is 0 Å². The molecule has 0 saturated carbocycles. The highest BCUT2D eigenvalue weighted by molar-refractivity contribution is 6.00. The van der Waals surface area contributed by atoms with Crippen molar-refractivity contribution in [1.82, 2.24) is 63.8 Å². The molecule has 0 bridgehead atoms. The number of aliphatic hydroxyl groups is 1. The van der Waals surface area contributed by atoms with E-state index in [1.165, 1.54) is 12.1 Å². The number of unbranched alkanes of at least 4 members (excludes halogenated alkanes) is 1. The predicted molar refractivity (Wildman–Crippen MR) is 428 cm³/mol. The number of nitrogens with two attached hydrogens (primary N) is 7. The van der Waals surface area contributed by atoms with Gasteiger partial charge in [-0.25, -0.2) is 4.79 Å². The maximum Gasteiger partial charge on any atom is 0.328 e. The lowest BCUT2D eigenvalue weighted by molar-refractivity contribution is -0.145. The molecule has 0 radical (unpaired) electrons. The van der Waals surface area contributed by atoms with Gasteiger partial charge in [0.25, 0.3) is 5.97 Å². The van der Waals surface area contributed by atoms with E-state index >= 15 is 0 Å². The maximum absolute atomic E-state index is 14.9. The number of carboxylic acid groups (broad SMARTS) is 2. The Kier molecular flexibility index (Phi) is 45.8. The molecule has 3 aromatic rings. The summed E-state index contributed by atoms with van der Waals surface area (Å²) >= 11 is 0. The third kappa shape index (κ3) is 40.6. The lowest BCUT2D eigenvalue weighted by atomic mass is 9.98. The van der Waals surface area contributed by atoms with Gasteiger partial charge in [-0.3, -0.25) is 77.1 Å². The number of aliphatic hydroxyl groups excluding tert-OH is 1. The zero-order valence-electron chi connectivity index (χ0n) is 66.8. The first-order chi connectivity index (χ1) is 54.6. The van der Waals surface area contributed by atoms with Crippen LogP contribution in [-0.2, 0) is 91.2 Å². The van der Waals surface area contributed by atoms with Crippen molar-refractivity contribution in [3.8, 4) is 5.75 Å². The first kappa shape index (κ1) is 100.